The summed E-state index contributed by atoms with van der Waals surface area (Å²) in [6.45, 7) is 3.61. The Hall–Kier alpha value is -2.11. The van der Waals surface area contributed by atoms with Crippen molar-refractivity contribution in [3.63, 3.8) is 0 Å². The predicted molar refractivity (Wildman–Crippen MR) is 67.4 cm³/mol. The second kappa shape index (κ2) is 6.00. The molecule has 0 aliphatic rings. The molecule has 0 saturated carbocycles. The lowest BCUT2D eigenvalue weighted by molar-refractivity contribution is -0.138. The molecular weight excluding hydrogens is 234 g/mol. The Morgan fingerprint density at radius 2 is 2.17 bits per heavy atom. The van der Waals surface area contributed by atoms with E-state index < -0.39 is 17.9 Å². The van der Waals surface area contributed by atoms with Crippen molar-refractivity contribution in [2.75, 3.05) is 5.32 Å². The number of primary amides is 1. The van der Waals surface area contributed by atoms with Crippen molar-refractivity contribution in [2.45, 2.75) is 32.7 Å². The fourth-order valence-electron chi connectivity index (χ4n) is 1.61. The second-order valence-corrected chi connectivity index (χ2v) is 4.07. The molecule has 0 saturated heterocycles. The summed E-state index contributed by atoms with van der Waals surface area (Å²) >= 11 is 0. The van der Waals surface area contributed by atoms with Gasteiger partial charge in [0.1, 0.15) is 11.9 Å². The lowest BCUT2D eigenvalue weighted by Gasteiger charge is -2.15. The van der Waals surface area contributed by atoms with Gasteiger partial charge in [-0.2, -0.15) is 0 Å². The van der Waals surface area contributed by atoms with E-state index in [-0.39, 0.29) is 0 Å². The first kappa shape index (κ1) is 14.0. The van der Waals surface area contributed by atoms with E-state index in [2.05, 4.69) is 10.3 Å². The topological polar surface area (TPSA) is 105 Å². The monoisotopic (exact) mass is 251 g/mol. The Bertz CT molecular complexity index is 460. The number of anilines is 1. The maximum atomic E-state index is 11.1. The highest BCUT2D eigenvalue weighted by Crippen LogP contribution is 2.12. The normalized spacial score (nSPS) is 11.9. The molecule has 1 rings (SSSR count). The number of aromatic nitrogens is 1. The Morgan fingerprint density at radius 3 is 2.67 bits per heavy atom. The van der Waals surface area contributed by atoms with Crippen molar-refractivity contribution >= 4 is 17.7 Å². The number of hydrogen-bond acceptors (Lipinski definition) is 4. The largest absolute Gasteiger partial charge is 0.480 e. The highest BCUT2D eigenvalue weighted by molar-refractivity contribution is 5.93. The van der Waals surface area contributed by atoms with Crippen LogP contribution in [0.4, 0.5) is 5.82 Å². The van der Waals surface area contributed by atoms with Crippen molar-refractivity contribution in [1.29, 1.82) is 0 Å². The maximum Gasteiger partial charge on any atom is 0.326 e. The molecule has 0 aliphatic heterocycles. The predicted octanol–water partition coefficient (Wildman–Crippen LogP) is 1.15. The van der Waals surface area contributed by atoms with E-state index in [1.54, 1.807) is 13.0 Å². The third kappa shape index (κ3) is 3.73. The second-order valence-electron chi connectivity index (χ2n) is 4.07. The van der Waals surface area contributed by atoms with Crippen LogP contribution in [0.1, 0.15) is 35.8 Å². The van der Waals surface area contributed by atoms with Gasteiger partial charge in [-0.05, 0) is 25.5 Å². The van der Waals surface area contributed by atoms with Gasteiger partial charge in [-0.25, -0.2) is 9.78 Å². The summed E-state index contributed by atoms with van der Waals surface area (Å²) in [5, 5.41) is 11.8. The van der Waals surface area contributed by atoms with Gasteiger partial charge in [0.25, 0.3) is 0 Å². The quantitative estimate of drug-likeness (QED) is 0.703. The standard InChI is InChI=1S/C12H17N3O3/c1-3-4-9(12(17)18)15-10-6-8(11(13)16)5-7(2)14-10/h5-6,9H,3-4H2,1-2H3,(H2,13,16)(H,14,15)(H,17,18). The van der Waals surface area contributed by atoms with E-state index in [0.29, 0.717) is 23.5 Å². The zero-order chi connectivity index (χ0) is 13.7. The zero-order valence-electron chi connectivity index (χ0n) is 10.4. The van der Waals surface area contributed by atoms with Gasteiger partial charge in [0.05, 0.1) is 0 Å². The third-order valence-electron chi connectivity index (χ3n) is 2.44. The molecule has 1 aromatic heterocycles. The van der Waals surface area contributed by atoms with Crippen LogP contribution in [0, 0.1) is 6.92 Å². The van der Waals surface area contributed by atoms with Crippen molar-refractivity contribution < 1.29 is 14.7 Å². The lowest BCUT2D eigenvalue weighted by atomic mass is 10.1. The molecule has 18 heavy (non-hydrogen) atoms. The van der Waals surface area contributed by atoms with Crippen molar-refractivity contribution in [1.82, 2.24) is 4.98 Å². The number of aliphatic carboxylic acids is 1. The average molecular weight is 251 g/mol. The van der Waals surface area contributed by atoms with Gasteiger partial charge in [0.15, 0.2) is 0 Å². The summed E-state index contributed by atoms with van der Waals surface area (Å²) in [4.78, 5) is 26.3. The molecule has 1 aromatic rings. The highest BCUT2D eigenvalue weighted by Gasteiger charge is 2.17. The fraction of sp³-hybridized carbons (Fsp3) is 0.417. The highest BCUT2D eigenvalue weighted by atomic mass is 16.4. The van der Waals surface area contributed by atoms with Crippen molar-refractivity contribution in [3.05, 3.63) is 23.4 Å². The number of carbonyl (C=O) groups excluding carboxylic acids is 1. The molecule has 98 valence electrons. The van der Waals surface area contributed by atoms with Gasteiger partial charge in [0, 0.05) is 11.3 Å². The minimum atomic E-state index is -0.944. The minimum absolute atomic E-state index is 0.311. The van der Waals surface area contributed by atoms with Crippen LogP contribution in [0.2, 0.25) is 0 Å². The molecule has 1 atom stereocenters. The van der Waals surface area contributed by atoms with E-state index in [4.69, 9.17) is 10.8 Å². The lowest BCUT2D eigenvalue weighted by Crippen LogP contribution is -2.29. The summed E-state index contributed by atoms with van der Waals surface area (Å²) in [5.74, 6) is -1.16. The molecule has 1 amide bonds. The van der Waals surface area contributed by atoms with Gasteiger partial charge in [-0.3, -0.25) is 4.79 Å². The summed E-state index contributed by atoms with van der Waals surface area (Å²) < 4.78 is 0. The van der Waals surface area contributed by atoms with Gasteiger partial charge in [-0.15, -0.1) is 0 Å². The molecule has 0 radical (unpaired) electrons. The van der Waals surface area contributed by atoms with Crippen LogP contribution in [0.15, 0.2) is 12.1 Å². The molecule has 0 aromatic carbocycles. The molecule has 1 unspecified atom stereocenters. The summed E-state index contributed by atoms with van der Waals surface area (Å²) in [6.07, 6.45) is 1.22. The van der Waals surface area contributed by atoms with E-state index in [0.717, 1.165) is 6.42 Å². The van der Waals surface area contributed by atoms with Gasteiger partial charge >= 0.3 is 5.97 Å². The summed E-state index contributed by atoms with van der Waals surface area (Å²) in [6, 6.07) is 2.30. The SMILES string of the molecule is CCCC(Nc1cc(C(N)=O)cc(C)n1)C(=O)O. The summed E-state index contributed by atoms with van der Waals surface area (Å²) in [7, 11) is 0. The van der Waals surface area contributed by atoms with Crippen LogP contribution in [0.3, 0.4) is 0 Å². The molecule has 4 N–H and O–H groups in total. The molecule has 0 bridgehead atoms. The van der Waals surface area contributed by atoms with Gasteiger partial charge in [-0.1, -0.05) is 13.3 Å². The van der Waals surface area contributed by atoms with E-state index in [1.165, 1.54) is 6.07 Å². The fourth-order valence-corrected chi connectivity index (χ4v) is 1.61. The van der Waals surface area contributed by atoms with Crippen molar-refractivity contribution in [2.24, 2.45) is 5.73 Å². The molecule has 0 aliphatic carbocycles. The minimum Gasteiger partial charge on any atom is -0.480 e. The van der Waals surface area contributed by atoms with Crippen LogP contribution in [0.5, 0.6) is 0 Å². The van der Waals surface area contributed by atoms with E-state index >= 15 is 0 Å². The number of carbonyl (C=O) groups is 2. The van der Waals surface area contributed by atoms with Crippen LogP contribution in [0.25, 0.3) is 0 Å². The Morgan fingerprint density at radius 1 is 1.50 bits per heavy atom. The van der Waals surface area contributed by atoms with Gasteiger partial charge < -0.3 is 16.2 Å². The third-order valence-corrected chi connectivity index (χ3v) is 2.44. The molecule has 0 fully saturated rings. The number of aryl methyl sites for hydroxylation is 1. The first-order valence-corrected chi connectivity index (χ1v) is 5.72. The molecular formula is C12H17N3O3. The number of amides is 1. The Kier molecular flexibility index (Phi) is 4.65. The number of nitrogens with two attached hydrogens (primary N) is 1. The number of pyridine rings is 1. The van der Waals surface area contributed by atoms with Gasteiger partial charge in [0.2, 0.25) is 5.91 Å². The Labute approximate surface area is 105 Å². The van der Waals surface area contributed by atoms with Crippen LogP contribution < -0.4 is 11.1 Å². The number of nitrogens with zero attached hydrogens (tertiary/aromatic N) is 1. The van der Waals surface area contributed by atoms with Crippen LogP contribution in [-0.2, 0) is 4.79 Å². The van der Waals surface area contributed by atoms with E-state index in [9.17, 15) is 9.59 Å². The van der Waals surface area contributed by atoms with E-state index in [1.807, 2.05) is 6.92 Å². The first-order chi connectivity index (χ1) is 8.43. The number of carboxylic acids is 1. The zero-order valence-corrected chi connectivity index (χ0v) is 10.4. The molecule has 6 nitrogen and oxygen atoms in total. The smallest absolute Gasteiger partial charge is 0.326 e. The molecule has 1 heterocycles. The average Bonchev–Trinajstić information content (AvgIpc) is 2.27. The molecule has 0 spiro atoms. The van der Waals surface area contributed by atoms with Crippen LogP contribution >= 0.6 is 0 Å². The first-order valence-electron chi connectivity index (χ1n) is 5.72. The number of nitrogens with one attached hydrogen (secondary N) is 1. The Balaban J connectivity index is 2.95. The molecule has 6 heteroatoms. The maximum absolute atomic E-state index is 11.1. The number of rotatable bonds is 6. The summed E-state index contributed by atoms with van der Waals surface area (Å²) in [5.41, 5.74) is 6.11. The van der Waals surface area contributed by atoms with Crippen LogP contribution in [-0.4, -0.2) is 28.0 Å². The number of carboxylic acid groups (broad SMARTS) is 1. The number of hydrogen-bond donors (Lipinski definition) is 3. The van der Waals surface area contributed by atoms with Crippen molar-refractivity contribution in [3.8, 4) is 0 Å².